The Labute approximate surface area is 167 Å². The Bertz CT molecular complexity index is 630. The molecule has 6 aliphatic rings. The van der Waals surface area contributed by atoms with E-state index in [1.165, 1.54) is 38.5 Å². The van der Waals surface area contributed by atoms with Crippen molar-refractivity contribution in [2.24, 2.45) is 71.0 Å². The van der Waals surface area contributed by atoms with Crippen LogP contribution in [0.25, 0.3) is 0 Å². The highest BCUT2D eigenvalue weighted by atomic mass is 16.4. The van der Waals surface area contributed by atoms with Crippen molar-refractivity contribution in [3.63, 3.8) is 0 Å². The van der Waals surface area contributed by atoms with Gasteiger partial charge in [0.1, 0.15) is 0 Å². The van der Waals surface area contributed by atoms with Gasteiger partial charge >= 0.3 is 11.9 Å². The lowest BCUT2D eigenvalue weighted by molar-refractivity contribution is -0.192. The Morgan fingerprint density at radius 3 is 1.14 bits per heavy atom. The largest absolute Gasteiger partial charge is 0.481 e. The molecule has 0 radical (unpaired) electrons. The molecular formula is C24H34O4. The monoisotopic (exact) mass is 386 g/mol. The molecule has 0 saturated heterocycles. The third kappa shape index (κ3) is 2.41. The van der Waals surface area contributed by atoms with Gasteiger partial charge in [0.15, 0.2) is 0 Å². The van der Waals surface area contributed by atoms with Crippen molar-refractivity contribution >= 4 is 11.9 Å². The van der Waals surface area contributed by atoms with Crippen LogP contribution in [0.5, 0.6) is 0 Å². The number of carboxylic acids is 2. The summed E-state index contributed by atoms with van der Waals surface area (Å²) in [5, 5.41) is 19.4. The fraction of sp³-hybridized carbons (Fsp3) is 0.917. The van der Waals surface area contributed by atoms with E-state index in [1.807, 2.05) is 0 Å². The summed E-state index contributed by atoms with van der Waals surface area (Å²) in [7, 11) is 0. The van der Waals surface area contributed by atoms with Crippen LogP contribution >= 0.6 is 0 Å². The maximum absolute atomic E-state index is 11.8. The van der Waals surface area contributed by atoms with E-state index in [9.17, 15) is 19.8 Å². The predicted molar refractivity (Wildman–Crippen MR) is 103 cm³/mol. The standard InChI is InChI=1S/C24H34O4/c25-23(26)17-7-11-1-3-13-5-16-10-18(24(27)28)8-12-2-4-14-6-15(9-17)19(11)21(13)22(14)20(12)16/h11-22H,1-10H2,(H,25,26)(H,27,28). The molecule has 0 aliphatic heterocycles. The van der Waals surface area contributed by atoms with E-state index in [-0.39, 0.29) is 11.8 Å². The summed E-state index contributed by atoms with van der Waals surface area (Å²) in [5.41, 5.74) is 0. The van der Waals surface area contributed by atoms with E-state index in [4.69, 9.17) is 0 Å². The van der Waals surface area contributed by atoms with Gasteiger partial charge in [0.25, 0.3) is 0 Å². The Balaban J connectivity index is 1.34. The average molecular weight is 387 g/mol. The zero-order valence-corrected chi connectivity index (χ0v) is 16.7. The van der Waals surface area contributed by atoms with Gasteiger partial charge in [0.2, 0.25) is 0 Å². The second kappa shape index (κ2) is 6.22. The maximum atomic E-state index is 11.8. The van der Waals surface area contributed by atoms with Crippen molar-refractivity contribution in [3.05, 3.63) is 0 Å². The summed E-state index contributed by atoms with van der Waals surface area (Å²) in [5.74, 6) is 6.12. The Hall–Kier alpha value is -1.06. The first-order chi connectivity index (χ1) is 13.5. The van der Waals surface area contributed by atoms with Crippen LogP contribution in [0.1, 0.15) is 64.2 Å². The van der Waals surface area contributed by atoms with E-state index >= 15 is 0 Å². The first-order valence-corrected chi connectivity index (χ1v) is 12.0. The summed E-state index contributed by atoms with van der Waals surface area (Å²) in [6, 6.07) is 0. The molecule has 12 unspecified atom stereocenters. The van der Waals surface area contributed by atoms with E-state index in [2.05, 4.69) is 0 Å². The Kier molecular flexibility index (Phi) is 3.95. The zero-order valence-electron chi connectivity index (χ0n) is 16.7. The summed E-state index contributed by atoms with van der Waals surface area (Å²) >= 11 is 0. The summed E-state index contributed by atoms with van der Waals surface area (Å²) < 4.78 is 0. The number of hydrogen-bond donors (Lipinski definition) is 2. The van der Waals surface area contributed by atoms with Gasteiger partial charge in [-0.3, -0.25) is 9.59 Å². The predicted octanol–water partition coefficient (Wildman–Crippen LogP) is 4.53. The third-order valence-electron chi connectivity index (χ3n) is 10.7. The molecule has 28 heavy (non-hydrogen) atoms. The van der Waals surface area contributed by atoms with Crippen molar-refractivity contribution < 1.29 is 19.8 Å². The smallest absolute Gasteiger partial charge is 0.306 e. The minimum atomic E-state index is -0.554. The zero-order chi connectivity index (χ0) is 19.2. The van der Waals surface area contributed by atoms with E-state index in [1.54, 1.807) is 0 Å². The number of hydrogen-bond acceptors (Lipinski definition) is 2. The summed E-state index contributed by atoms with van der Waals surface area (Å²) in [4.78, 5) is 23.5. The summed E-state index contributed by atoms with van der Waals surface area (Å²) in [6.45, 7) is 0. The van der Waals surface area contributed by atoms with Crippen molar-refractivity contribution in [2.45, 2.75) is 64.2 Å². The first kappa shape index (κ1) is 17.8. The first-order valence-electron chi connectivity index (χ1n) is 12.0. The number of rotatable bonds is 2. The van der Waals surface area contributed by atoms with Crippen LogP contribution in [0.2, 0.25) is 0 Å². The minimum absolute atomic E-state index is 0.0990. The van der Waals surface area contributed by atoms with Gasteiger partial charge in [-0.05, 0) is 123 Å². The van der Waals surface area contributed by atoms with Crippen molar-refractivity contribution in [1.29, 1.82) is 0 Å². The van der Waals surface area contributed by atoms with E-state index in [0.29, 0.717) is 23.7 Å². The van der Waals surface area contributed by atoms with Crippen molar-refractivity contribution in [2.75, 3.05) is 0 Å². The van der Waals surface area contributed by atoms with Crippen LogP contribution in [0.15, 0.2) is 0 Å². The van der Waals surface area contributed by atoms with Crippen molar-refractivity contribution in [3.8, 4) is 0 Å². The van der Waals surface area contributed by atoms with Gasteiger partial charge in [-0.15, -0.1) is 0 Å². The molecule has 154 valence electrons. The van der Waals surface area contributed by atoms with Gasteiger partial charge in [0, 0.05) is 0 Å². The number of aliphatic carboxylic acids is 2. The Morgan fingerprint density at radius 1 is 0.464 bits per heavy atom. The molecule has 6 rings (SSSR count). The van der Waals surface area contributed by atoms with Crippen LogP contribution in [0, 0.1) is 71.0 Å². The van der Waals surface area contributed by atoms with E-state index < -0.39 is 11.9 Å². The highest BCUT2D eigenvalue weighted by Crippen LogP contribution is 2.69. The maximum Gasteiger partial charge on any atom is 0.306 e. The van der Waals surface area contributed by atoms with Gasteiger partial charge in [0.05, 0.1) is 11.8 Å². The van der Waals surface area contributed by atoms with Crippen molar-refractivity contribution in [1.82, 2.24) is 0 Å². The normalized spacial score (nSPS) is 56.4. The van der Waals surface area contributed by atoms with Gasteiger partial charge in [-0.1, -0.05) is 0 Å². The van der Waals surface area contributed by atoms with E-state index in [0.717, 1.165) is 61.2 Å². The molecule has 4 heteroatoms. The average Bonchev–Trinajstić information content (AvgIpc) is 2.69. The van der Waals surface area contributed by atoms with Crippen LogP contribution in [-0.4, -0.2) is 22.2 Å². The second-order valence-corrected chi connectivity index (χ2v) is 11.5. The molecule has 6 saturated carbocycles. The van der Waals surface area contributed by atoms with Crippen LogP contribution < -0.4 is 0 Å². The third-order valence-corrected chi connectivity index (χ3v) is 10.7. The fourth-order valence-corrected chi connectivity index (χ4v) is 10.2. The van der Waals surface area contributed by atoms with Crippen LogP contribution in [0.3, 0.4) is 0 Å². The molecule has 4 nitrogen and oxygen atoms in total. The van der Waals surface area contributed by atoms with Gasteiger partial charge < -0.3 is 10.2 Å². The van der Waals surface area contributed by atoms with Crippen LogP contribution in [0.4, 0.5) is 0 Å². The quantitative estimate of drug-likeness (QED) is 0.731. The molecule has 0 aromatic heterocycles. The molecule has 6 aliphatic carbocycles. The fourth-order valence-electron chi connectivity index (χ4n) is 10.2. The SMILES string of the molecule is O=C(O)C1CC2CCC3CC4CC(C(=O)O)CC5CCC6CC(C1)C2C3C6C54. The minimum Gasteiger partial charge on any atom is -0.481 e. The molecule has 0 bridgehead atoms. The molecule has 0 heterocycles. The molecule has 0 aromatic rings. The lowest BCUT2D eigenvalue weighted by Crippen LogP contribution is -2.61. The molecular weight excluding hydrogens is 352 g/mol. The molecule has 0 amide bonds. The molecule has 0 aromatic carbocycles. The topological polar surface area (TPSA) is 74.6 Å². The molecule has 0 spiro atoms. The number of carbonyl (C=O) groups is 2. The molecule has 12 atom stereocenters. The summed E-state index contributed by atoms with van der Waals surface area (Å²) in [6.07, 6.45) is 11.3. The lowest BCUT2D eigenvalue weighted by Gasteiger charge is -2.67. The molecule has 2 N–H and O–H groups in total. The van der Waals surface area contributed by atoms with Crippen LogP contribution in [-0.2, 0) is 9.59 Å². The highest BCUT2D eigenvalue weighted by molar-refractivity contribution is 5.70. The van der Waals surface area contributed by atoms with Gasteiger partial charge in [-0.2, -0.15) is 0 Å². The van der Waals surface area contributed by atoms with Gasteiger partial charge in [-0.25, -0.2) is 0 Å². The second-order valence-electron chi connectivity index (χ2n) is 11.5. The Morgan fingerprint density at radius 2 is 0.786 bits per heavy atom. The highest BCUT2D eigenvalue weighted by Gasteiger charge is 2.62. The number of carboxylic acid groups (broad SMARTS) is 2. The molecule has 6 fully saturated rings. The lowest BCUT2D eigenvalue weighted by atomic mass is 9.38.